The number of thioether (sulfide) groups is 1. The Labute approximate surface area is 112 Å². The standard InChI is InChI=1S/C13H21FN2OS/c1-3-7-18-9-11(16-15)8-10-5-4-6-12(17-2)13(10)14/h4-6,11,16H,3,7-9,15H2,1-2H3. The molecule has 0 saturated heterocycles. The molecule has 102 valence electrons. The largest absolute Gasteiger partial charge is 0.494 e. The molecule has 1 aromatic carbocycles. The lowest BCUT2D eigenvalue weighted by Crippen LogP contribution is -2.39. The minimum atomic E-state index is -0.291. The third kappa shape index (κ3) is 4.48. The molecule has 0 aliphatic rings. The lowest BCUT2D eigenvalue weighted by Gasteiger charge is -2.16. The smallest absolute Gasteiger partial charge is 0.168 e. The highest BCUT2D eigenvalue weighted by Crippen LogP contribution is 2.21. The topological polar surface area (TPSA) is 47.3 Å². The van der Waals surface area contributed by atoms with Crippen LogP contribution in [0.25, 0.3) is 0 Å². The fourth-order valence-electron chi connectivity index (χ4n) is 1.67. The molecule has 0 aliphatic heterocycles. The molecule has 1 rings (SSSR count). The van der Waals surface area contributed by atoms with E-state index in [0.29, 0.717) is 12.0 Å². The van der Waals surface area contributed by atoms with Crippen molar-refractivity contribution in [2.24, 2.45) is 5.84 Å². The van der Waals surface area contributed by atoms with E-state index >= 15 is 0 Å². The fourth-order valence-corrected chi connectivity index (χ4v) is 2.63. The van der Waals surface area contributed by atoms with Gasteiger partial charge in [-0.3, -0.25) is 11.3 Å². The molecule has 0 saturated carbocycles. The Balaban J connectivity index is 2.63. The van der Waals surface area contributed by atoms with Crippen molar-refractivity contribution >= 4 is 11.8 Å². The van der Waals surface area contributed by atoms with E-state index in [1.165, 1.54) is 7.11 Å². The van der Waals surface area contributed by atoms with Gasteiger partial charge in [-0.2, -0.15) is 11.8 Å². The number of hydrogen-bond donors (Lipinski definition) is 2. The second kappa shape index (κ2) is 8.34. The number of hydrazine groups is 1. The maximum absolute atomic E-state index is 14.0. The van der Waals surface area contributed by atoms with E-state index in [-0.39, 0.29) is 17.6 Å². The summed E-state index contributed by atoms with van der Waals surface area (Å²) in [6.07, 6.45) is 1.70. The van der Waals surface area contributed by atoms with E-state index in [0.717, 1.165) is 17.9 Å². The van der Waals surface area contributed by atoms with Crippen LogP contribution in [0.3, 0.4) is 0 Å². The van der Waals surface area contributed by atoms with Gasteiger partial charge < -0.3 is 4.74 Å². The van der Waals surface area contributed by atoms with Gasteiger partial charge in [-0.1, -0.05) is 19.1 Å². The number of nitrogens with two attached hydrogens (primary N) is 1. The summed E-state index contributed by atoms with van der Waals surface area (Å²) in [4.78, 5) is 0. The number of hydrogen-bond acceptors (Lipinski definition) is 4. The summed E-state index contributed by atoms with van der Waals surface area (Å²) in [6, 6.07) is 5.26. The second-order valence-corrected chi connectivity index (χ2v) is 5.23. The summed E-state index contributed by atoms with van der Waals surface area (Å²) < 4.78 is 18.9. The Morgan fingerprint density at radius 3 is 2.89 bits per heavy atom. The zero-order chi connectivity index (χ0) is 13.4. The Hall–Kier alpha value is -0.780. The molecule has 0 amide bonds. The number of halogens is 1. The molecule has 5 heteroatoms. The summed E-state index contributed by atoms with van der Waals surface area (Å²) in [7, 11) is 1.47. The molecule has 3 nitrogen and oxygen atoms in total. The molecule has 18 heavy (non-hydrogen) atoms. The van der Waals surface area contributed by atoms with Gasteiger partial charge in [-0.25, -0.2) is 4.39 Å². The maximum atomic E-state index is 14.0. The van der Waals surface area contributed by atoms with Crippen LogP contribution < -0.4 is 16.0 Å². The first-order valence-electron chi connectivity index (χ1n) is 6.08. The number of methoxy groups -OCH3 is 1. The van der Waals surface area contributed by atoms with Crippen molar-refractivity contribution in [3.05, 3.63) is 29.6 Å². The zero-order valence-electron chi connectivity index (χ0n) is 10.9. The minimum absolute atomic E-state index is 0.0724. The van der Waals surface area contributed by atoms with Crippen molar-refractivity contribution in [2.75, 3.05) is 18.6 Å². The third-order valence-corrected chi connectivity index (χ3v) is 3.97. The lowest BCUT2D eigenvalue weighted by atomic mass is 10.1. The first-order chi connectivity index (χ1) is 8.72. The van der Waals surface area contributed by atoms with E-state index in [9.17, 15) is 4.39 Å². The third-order valence-electron chi connectivity index (χ3n) is 2.63. The van der Waals surface area contributed by atoms with E-state index < -0.39 is 0 Å². The molecule has 3 N–H and O–H groups in total. The second-order valence-electron chi connectivity index (χ2n) is 4.08. The number of rotatable bonds is 8. The Morgan fingerprint density at radius 2 is 2.28 bits per heavy atom. The average Bonchev–Trinajstić information content (AvgIpc) is 2.40. The molecule has 1 unspecified atom stereocenters. The van der Waals surface area contributed by atoms with Crippen LogP contribution in [0.2, 0.25) is 0 Å². The highest BCUT2D eigenvalue weighted by Gasteiger charge is 2.13. The van der Waals surface area contributed by atoms with Gasteiger partial charge in [0, 0.05) is 11.8 Å². The highest BCUT2D eigenvalue weighted by molar-refractivity contribution is 7.99. The van der Waals surface area contributed by atoms with Gasteiger partial charge in [0.15, 0.2) is 11.6 Å². The van der Waals surface area contributed by atoms with Gasteiger partial charge in [-0.05, 0) is 30.2 Å². The normalized spacial score (nSPS) is 12.4. The molecular weight excluding hydrogens is 251 g/mol. The van der Waals surface area contributed by atoms with Gasteiger partial charge in [-0.15, -0.1) is 0 Å². The van der Waals surface area contributed by atoms with Gasteiger partial charge in [0.2, 0.25) is 0 Å². The van der Waals surface area contributed by atoms with Crippen molar-refractivity contribution in [2.45, 2.75) is 25.8 Å². The van der Waals surface area contributed by atoms with Crippen molar-refractivity contribution in [3.63, 3.8) is 0 Å². The van der Waals surface area contributed by atoms with Gasteiger partial charge in [0.1, 0.15) is 0 Å². The van der Waals surface area contributed by atoms with Crippen molar-refractivity contribution < 1.29 is 9.13 Å². The van der Waals surface area contributed by atoms with Crippen molar-refractivity contribution in [1.82, 2.24) is 5.43 Å². The highest BCUT2D eigenvalue weighted by atomic mass is 32.2. The summed E-state index contributed by atoms with van der Waals surface area (Å²) in [5, 5.41) is 0. The SMILES string of the molecule is CCCSCC(Cc1cccc(OC)c1F)NN. The first-order valence-corrected chi connectivity index (χ1v) is 7.23. The average molecular weight is 272 g/mol. The van der Waals surface area contributed by atoms with Crippen LogP contribution in [0.5, 0.6) is 5.75 Å². The molecule has 0 bridgehead atoms. The predicted octanol–water partition coefficient (Wildman–Crippen LogP) is 2.35. The molecule has 1 atom stereocenters. The van der Waals surface area contributed by atoms with Crippen LogP contribution in [0, 0.1) is 5.82 Å². The minimum Gasteiger partial charge on any atom is -0.494 e. The first kappa shape index (κ1) is 15.3. The predicted molar refractivity (Wildman–Crippen MR) is 75.4 cm³/mol. The number of benzene rings is 1. The monoisotopic (exact) mass is 272 g/mol. The van der Waals surface area contributed by atoms with Crippen LogP contribution >= 0.6 is 11.8 Å². The molecule has 1 aromatic rings. The Bertz CT molecular complexity index is 363. The molecule has 0 heterocycles. The van der Waals surface area contributed by atoms with E-state index in [2.05, 4.69) is 12.3 Å². The molecule has 0 spiro atoms. The molecule has 0 fully saturated rings. The van der Waals surface area contributed by atoms with Crippen LogP contribution in [-0.4, -0.2) is 24.7 Å². The van der Waals surface area contributed by atoms with Crippen LogP contribution in [0.4, 0.5) is 4.39 Å². The summed E-state index contributed by atoms with van der Waals surface area (Å²) >= 11 is 1.82. The Morgan fingerprint density at radius 1 is 1.50 bits per heavy atom. The molecular formula is C13H21FN2OS. The van der Waals surface area contributed by atoms with Crippen LogP contribution in [-0.2, 0) is 6.42 Å². The fraction of sp³-hybridized carbons (Fsp3) is 0.538. The molecule has 0 aromatic heterocycles. The van der Waals surface area contributed by atoms with Crippen molar-refractivity contribution in [3.8, 4) is 5.75 Å². The van der Waals surface area contributed by atoms with E-state index in [1.54, 1.807) is 18.2 Å². The zero-order valence-corrected chi connectivity index (χ0v) is 11.7. The van der Waals surface area contributed by atoms with Gasteiger partial charge >= 0.3 is 0 Å². The quantitative estimate of drug-likeness (QED) is 0.433. The summed E-state index contributed by atoms with van der Waals surface area (Å²) in [5.41, 5.74) is 3.38. The van der Waals surface area contributed by atoms with Crippen molar-refractivity contribution in [1.29, 1.82) is 0 Å². The molecule has 0 radical (unpaired) electrons. The summed E-state index contributed by atoms with van der Waals surface area (Å²) in [6.45, 7) is 2.14. The summed E-state index contributed by atoms with van der Waals surface area (Å²) in [5.74, 6) is 7.47. The number of ether oxygens (including phenoxy) is 1. The molecule has 0 aliphatic carbocycles. The van der Waals surface area contributed by atoms with Crippen LogP contribution in [0.1, 0.15) is 18.9 Å². The number of nitrogens with one attached hydrogen (secondary N) is 1. The van der Waals surface area contributed by atoms with E-state index in [4.69, 9.17) is 10.6 Å². The van der Waals surface area contributed by atoms with E-state index in [1.807, 2.05) is 11.8 Å². The lowest BCUT2D eigenvalue weighted by molar-refractivity contribution is 0.383. The Kier molecular flexibility index (Phi) is 7.08. The van der Waals surface area contributed by atoms with Gasteiger partial charge in [0.25, 0.3) is 0 Å². The van der Waals surface area contributed by atoms with Crippen LogP contribution in [0.15, 0.2) is 18.2 Å². The maximum Gasteiger partial charge on any atom is 0.168 e. The van der Waals surface area contributed by atoms with Gasteiger partial charge in [0.05, 0.1) is 7.11 Å².